The maximum atomic E-state index is 11.1. The maximum Gasteiger partial charge on any atom is 0.304 e. The Balaban J connectivity index is 0.000000367. The molecule has 0 aromatic heterocycles. The molecule has 0 bridgehead atoms. The first kappa shape index (κ1) is 28.9. The Morgan fingerprint density at radius 2 is 1.00 bits per heavy atom. The number of thioether (sulfide) groups is 1. The Hall–Kier alpha value is -2.35. The van der Waals surface area contributed by atoms with Gasteiger partial charge in [-0.15, -0.1) is 11.8 Å². The van der Waals surface area contributed by atoms with Crippen LogP contribution >= 0.6 is 33.3 Å². The van der Waals surface area contributed by atoms with Crippen molar-refractivity contribution in [1.29, 1.82) is 0 Å². The van der Waals surface area contributed by atoms with Crippen molar-refractivity contribution in [2.24, 2.45) is 0 Å². The van der Waals surface area contributed by atoms with Gasteiger partial charge in [0.25, 0.3) is 0 Å². The molecule has 3 rings (SSSR count). The lowest BCUT2D eigenvalue weighted by atomic mass is 9.84. The van der Waals surface area contributed by atoms with Crippen LogP contribution in [0.5, 0.6) is 0 Å². The number of hydrogen-bond donors (Lipinski definition) is 2. The Labute approximate surface area is 220 Å². The van der Waals surface area contributed by atoms with Crippen molar-refractivity contribution in [2.75, 3.05) is 17.3 Å². The van der Waals surface area contributed by atoms with Crippen LogP contribution in [0.3, 0.4) is 0 Å². The summed E-state index contributed by atoms with van der Waals surface area (Å²) in [6.07, 6.45) is 1.57. The average Bonchev–Trinajstić information content (AvgIpc) is 2.88. The Morgan fingerprint density at radius 3 is 1.37 bits per heavy atom. The number of rotatable bonds is 13. The summed E-state index contributed by atoms with van der Waals surface area (Å²) in [6, 6.07) is 30.9. The van der Waals surface area contributed by atoms with Gasteiger partial charge in [0.15, 0.2) is 0 Å². The van der Waals surface area contributed by atoms with Gasteiger partial charge in [0, 0.05) is 17.3 Å². The van der Waals surface area contributed by atoms with Gasteiger partial charge >= 0.3 is 11.9 Å². The minimum Gasteiger partial charge on any atom is -0.481 e. The van der Waals surface area contributed by atoms with Gasteiger partial charge in [0.2, 0.25) is 0 Å². The first-order chi connectivity index (χ1) is 17.0. The minimum atomic E-state index is -0.768. The quantitative estimate of drug-likeness (QED) is 0.136. The standard InChI is InChI=1S/C22H20O2S.C6H12O2S2/c23-21(24)16-17-25-22(18-10-4-1-5-11-18,19-12-6-2-7-13-19)20-14-8-3-9-15-20;1-2-4-9-10-5-3-6(7)8/h1-15H,16-17H2,(H,23,24);2-5H2,1H3,(H,7,8). The van der Waals surface area contributed by atoms with Crippen molar-refractivity contribution in [3.63, 3.8) is 0 Å². The lowest BCUT2D eigenvalue weighted by Gasteiger charge is -2.35. The van der Waals surface area contributed by atoms with E-state index in [4.69, 9.17) is 10.2 Å². The third-order valence-electron chi connectivity index (χ3n) is 4.95. The molecule has 0 unspecified atom stereocenters. The Morgan fingerprint density at radius 1 is 0.629 bits per heavy atom. The van der Waals surface area contributed by atoms with Gasteiger partial charge < -0.3 is 10.2 Å². The normalized spacial score (nSPS) is 10.8. The fraction of sp³-hybridized carbons (Fsp3) is 0.286. The topological polar surface area (TPSA) is 74.6 Å². The molecule has 0 fully saturated rings. The van der Waals surface area contributed by atoms with E-state index < -0.39 is 16.7 Å². The van der Waals surface area contributed by atoms with Gasteiger partial charge in [-0.25, -0.2) is 0 Å². The van der Waals surface area contributed by atoms with Crippen LogP contribution in [0.25, 0.3) is 0 Å². The molecule has 0 saturated carbocycles. The highest BCUT2D eigenvalue weighted by Crippen LogP contribution is 2.48. The molecule has 4 nitrogen and oxygen atoms in total. The summed E-state index contributed by atoms with van der Waals surface area (Å²) in [5.41, 5.74) is 3.47. The minimum absolute atomic E-state index is 0.138. The Kier molecular flexibility index (Phi) is 13.5. The summed E-state index contributed by atoms with van der Waals surface area (Å²) in [6.45, 7) is 2.12. The van der Waals surface area contributed by atoms with Crippen LogP contribution in [0.4, 0.5) is 0 Å². The van der Waals surface area contributed by atoms with Crippen LogP contribution < -0.4 is 0 Å². The van der Waals surface area contributed by atoms with Gasteiger partial charge in [-0.2, -0.15) is 0 Å². The molecule has 0 radical (unpaired) electrons. The average molecular weight is 529 g/mol. The molecule has 0 spiro atoms. The molecule has 0 heterocycles. The second-order valence-electron chi connectivity index (χ2n) is 7.56. The predicted octanol–water partition coefficient (Wildman–Crippen LogP) is 7.44. The van der Waals surface area contributed by atoms with Gasteiger partial charge in [0.1, 0.15) is 0 Å². The molecule has 7 heteroatoms. The fourth-order valence-electron chi connectivity index (χ4n) is 3.39. The van der Waals surface area contributed by atoms with E-state index in [-0.39, 0.29) is 12.8 Å². The molecular formula is C28H32O4S3. The number of benzene rings is 3. The summed E-state index contributed by atoms with van der Waals surface area (Å²) in [4.78, 5) is 21.1. The molecule has 0 amide bonds. The monoisotopic (exact) mass is 528 g/mol. The summed E-state index contributed by atoms with van der Waals surface area (Å²) in [7, 11) is 3.39. The van der Waals surface area contributed by atoms with E-state index in [0.717, 1.165) is 34.6 Å². The zero-order valence-electron chi connectivity index (χ0n) is 19.8. The summed E-state index contributed by atoms with van der Waals surface area (Å²) < 4.78 is -0.431. The highest BCUT2D eigenvalue weighted by atomic mass is 33.1. The first-order valence-corrected chi connectivity index (χ1v) is 15.0. The van der Waals surface area contributed by atoms with Crippen LogP contribution in [0.15, 0.2) is 91.0 Å². The third kappa shape index (κ3) is 9.67. The van der Waals surface area contributed by atoms with E-state index in [1.165, 1.54) is 0 Å². The highest BCUT2D eigenvalue weighted by Gasteiger charge is 2.36. The second kappa shape index (κ2) is 16.3. The molecule has 35 heavy (non-hydrogen) atoms. The molecule has 3 aromatic rings. The number of carbonyl (C=O) groups is 2. The molecule has 3 aromatic carbocycles. The predicted molar refractivity (Wildman–Crippen MR) is 151 cm³/mol. The number of carboxylic acid groups (broad SMARTS) is 2. The van der Waals surface area contributed by atoms with Crippen LogP contribution in [-0.2, 0) is 14.3 Å². The molecule has 0 saturated heterocycles. The fourth-order valence-corrected chi connectivity index (χ4v) is 7.00. The van der Waals surface area contributed by atoms with Crippen molar-refractivity contribution < 1.29 is 19.8 Å². The number of aliphatic carboxylic acids is 2. The molecular weight excluding hydrogens is 497 g/mol. The third-order valence-corrected chi connectivity index (χ3v) is 9.11. The van der Waals surface area contributed by atoms with E-state index >= 15 is 0 Å². The van der Waals surface area contributed by atoms with Crippen molar-refractivity contribution >= 4 is 45.3 Å². The largest absolute Gasteiger partial charge is 0.481 e. The first-order valence-electron chi connectivity index (χ1n) is 11.5. The van der Waals surface area contributed by atoms with E-state index in [1.54, 1.807) is 33.3 Å². The number of hydrogen-bond acceptors (Lipinski definition) is 5. The number of carboxylic acids is 2. The van der Waals surface area contributed by atoms with Gasteiger partial charge in [-0.05, 0) is 23.1 Å². The molecule has 0 aliphatic rings. The smallest absolute Gasteiger partial charge is 0.304 e. The van der Waals surface area contributed by atoms with Gasteiger partial charge in [-0.1, -0.05) is 120 Å². The second-order valence-corrected chi connectivity index (χ2v) is 11.6. The zero-order chi connectivity index (χ0) is 25.4. The van der Waals surface area contributed by atoms with Gasteiger partial charge in [-0.3, -0.25) is 9.59 Å². The highest BCUT2D eigenvalue weighted by molar-refractivity contribution is 8.76. The lowest BCUT2D eigenvalue weighted by molar-refractivity contribution is -0.137. The molecule has 186 valence electrons. The zero-order valence-corrected chi connectivity index (χ0v) is 22.3. The molecule has 0 aliphatic heterocycles. The van der Waals surface area contributed by atoms with E-state index in [0.29, 0.717) is 5.75 Å². The van der Waals surface area contributed by atoms with Crippen molar-refractivity contribution in [2.45, 2.75) is 30.9 Å². The summed E-state index contributed by atoms with van der Waals surface area (Å²) >= 11 is 1.68. The van der Waals surface area contributed by atoms with Crippen LogP contribution in [-0.4, -0.2) is 39.4 Å². The van der Waals surface area contributed by atoms with E-state index in [2.05, 4.69) is 43.3 Å². The van der Waals surface area contributed by atoms with Crippen molar-refractivity contribution in [3.05, 3.63) is 108 Å². The Bertz CT molecular complexity index is 902. The SMILES string of the molecule is CCCSSCCC(=O)O.O=C(O)CCSC(c1ccccc1)(c1ccccc1)c1ccccc1. The summed E-state index contributed by atoms with van der Waals surface area (Å²) in [5, 5.41) is 17.4. The molecule has 0 aliphatic carbocycles. The van der Waals surface area contributed by atoms with Gasteiger partial charge in [0.05, 0.1) is 17.6 Å². The summed E-state index contributed by atoms with van der Waals surface area (Å²) in [5.74, 6) is 0.901. The maximum absolute atomic E-state index is 11.1. The molecule has 0 atom stereocenters. The van der Waals surface area contributed by atoms with Crippen LogP contribution in [0.2, 0.25) is 0 Å². The molecule has 2 N–H and O–H groups in total. The van der Waals surface area contributed by atoms with Crippen LogP contribution in [0.1, 0.15) is 42.9 Å². The van der Waals surface area contributed by atoms with E-state index in [9.17, 15) is 9.59 Å². The lowest BCUT2D eigenvalue weighted by Crippen LogP contribution is -2.26. The van der Waals surface area contributed by atoms with Crippen molar-refractivity contribution in [1.82, 2.24) is 0 Å². The van der Waals surface area contributed by atoms with E-state index in [1.807, 2.05) is 54.6 Å². The van der Waals surface area contributed by atoms with Crippen LogP contribution in [0, 0.1) is 0 Å². The van der Waals surface area contributed by atoms with Crippen molar-refractivity contribution in [3.8, 4) is 0 Å².